The number of hydrogen-bond donors (Lipinski definition) is 1. The number of amides is 1. The van der Waals surface area contributed by atoms with Crippen LogP contribution < -0.4 is 5.32 Å². The van der Waals surface area contributed by atoms with Gasteiger partial charge in [0.15, 0.2) is 0 Å². The number of carbonyl (C=O) groups excluding carboxylic acids is 1. The summed E-state index contributed by atoms with van der Waals surface area (Å²) < 4.78 is 0. The van der Waals surface area contributed by atoms with Crippen LogP contribution in [0.4, 0.5) is 0 Å². The summed E-state index contributed by atoms with van der Waals surface area (Å²) in [4.78, 5) is 14.1. The highest BCUT2D eigenvalue weighted by molar-refractivity contribution is 7.14. The van der Waals surface area contributed by atoms with Crippen LogP contribution in [0, 0.1) is 0 Å². The predicted molar refractivity (Wildman–Crippen MR) is 57.0 cm³/mol. The number of thiophene rings is 1. The molecule has 0 atom stereocenters. The predicted octanol–water partition coefficient (Wildman–Crippen LogP) is 1.91. The van der Waals surface area contributed by atoms with Gasteiger partial charge < -0.3 is 5.32 Å². The molecule has 2 nitrogen and oxygen atoms in total. The Hall–Kier alpha value is -0.830. The minimum Gasteiger partial charge on any atom is -0.351 e. The molecule has 1 aromatic heterocycles. The zero-order chi connectivity index (χ0) is 9.54. The zero-order valence-electron chi connectivity index (χ0n) is 8.06. The van der Waals surface area contributed by atoms with E-state index in [1.54, 1.807) is 11.3 Å². The molecule has 14 heavy (non-hydrogen) atoms. The molecule has 2 aliphatic rings. The average Bonchev–Trinajstić information content (AvgIpc) is 2.59. The van der Waals surface area contributed by atoms with Gasteiger partial charge in [-0.1, -0.05) is 0 Å². The Labute approximate surface area is 87.3 Å². The van der Waals surface area contributed by atoms with Gasteiger partial charge in [0.05, 0.1) is 4.88 Å². The summed E-state index contributed by atoms with van der Waals surface area (Å²) in [6.07, 6.45) is 6.05. The second-order valence-corrected chi connectivity index (χ2v) is 5.13. The highest BCUT2D eigenvalue weighted by Gasteiger charge is 2.26. The maximum absolute atomic E-state index is 11.6. The van der Waals surface area contributed by atoms with Gasteiger partial charge in [-0.15, -0.1) is 11.3 Å². The van der Waals surface area contributed by atoms with E-state index in [9.17, 15) is 4.79 Å². The number of nitrogens with one attached hydrogen (secondary N) is 1. The number of hydrogen-bond acceptors (Lipinski definition) is 2. The molecule has 3 heteroatoms. The van der Waals surface area contributed by atoms with Gasteiger partial charge in [-0.05, 0) is 43.2 Å². The van der Waals surface area contributed by atoms with Gasteiger partial charge in [0.25, 0.3) is 5.91 Å². The van der Waals surface area contributed by atoms with Crippen molar-refractivity contribution in [3.63, 3.8) is 0 Å². The fraction of sp³-hybridized carbons (Fsp3) is 0.545. The van der Waals surface area contributed by atoms with Crippen molar-refractivity contribution < 1.29 is 4.79 Å². The Kier molecular flexibility index (Phi) is 1.87. The lowest BCUT2D eigenvalue weighted by molar-refractivity contribution is 0.0950. The van der Waals surface area contributed by atoms with Gasteiger partial charge in [-0.3, -0.25) is 4.79 Å². The van der Waals surface area contributed by atoms with Gasteiger partial charge in [0, 0.05) is 11.4 Å². The highest BCUT2D eigenvalue weighted by Crippen LogP contribution is 2.35. The van der Waals surface area contributed by atoms with E-state index in [4.69, 9.17) is 0 Å². The van der Waals surface area contributed by atoms with E-state index in [-0.39, 0.29) is 5.91 Å². The van der Waals surface area contributed by atoms with E-state index < -0.39 is 0 Å². The van der Waals surface area contributed by atoms with Crippen LogP contribution in [0.3, 0.4) is 0 Å². The van der Waals surface area contributed by atoms with Crippen molar-refractivity contribution >= 4 is 17.2 Å². The normalized spacial score (nSPS) is 19.9. The molecule has 0 radical (unpaired) electrons. The molecule has 0 unspecified atom stereocenters. The van der Waals surface area contributed by atoms with Crippen LogP contribution in [-0.4, -0.2) is 12.5 Å². The number of rotatable bonds is 0. The minimum atomic E-state index is 0.158. The van der Waals surface area contributed by atoms with Crippen LogP contribution in [0.1, 0.15) is 38.5 Å². The fourth-order valence-electron chi connectivity index (χ4n) is 2.46. The monoisotopic (exact) mass is 207 g/mol. The van der Waals surface area contributed by atoms with Crippen molar-refractivity contribution in [1.82, 2.24) is 5.32 Å². The number of fused-ring (bicyclic) bond motifs is 3. The molecule has 1 aromatic rings. The topological polar surface area (TPSA) is 29.1 Å². The third kappa shape index (κ3) is 1.12. The van der Waals surface area contributed by atoms with Gasteiger partial charge >= 0.3 is 0 Å². The van der Waals surface area contributed by atoms with E-state index >= 15 is 0 Å². The first-order valence-electron chi connectivity index (χ1n) is 5.28. The summed E-state index contributed by atoms with van der Waals surface area (Å²) in [5, 5.41) is 2.92. The lowest BCUT2D eigenvalue weighted by atomic mass is 9.92. The molecule has 1 amide bonds. The molecule has 0 spiro atoms. The lowest BCUT2D eigenvalue weighted by Gasteiger charge is -2.15. The minimum absolute atomic E-state index is 0.158. The lowest BCUT2D eigenvalue weighted by Crippen LogP contribution is -2.30. The Morgan fingerprint density at radius 3 is 2.86 bits per heavy atom. The molecular formula is C11H13NOS. The van der Waals surface area contributed by atoms with Gasteiger partial charge in [-0.2, -0.15) is 0 Å². The maximum Gasteiger partial charge on any atom is 0.261 e. The maximum atomic E-state index is 11.6. The number of aryl methyl sites for hydroxylation is 1. The SMILES string of the molecule is O=C1NCCc2c1sc1c2CCCC1. The van der Waals surface area contributed by atoms with Crippen LogP contribution in [-0.2, 0) is 19.3 Å². The quantitative estimate of drug-likeness (QED) is 0.692. The van der Waals surface area contributed by atoms with E-state index in [2.05, 4.69) is 5.32 Å². The zero-order valence-corrected chi connectivity index (χ0v) is 8.88. The smallest absolute Gasteiger partial charge is 0.261 e. The van der Waals surface area contributed by atoms with Crippen LogP contribution >= 0.6 is 11.3 Å². The summed E-state index contributed by atoms with van der Waals surface area (Å²) >= 11 is 1.73. The first-order valence-corrected chi connectivity index (χ1v) is 6.09. The summed E-state index contributed by atoms with van der Waals surface area (Å²) in [6.45, 7) is 0.828. The molecule has 1 aliphatic carbocycles. The largest absolute Gasteiger partial charge is 0.351 e. The fourth-order valence-corrected chi connectivity index (χ4v) is 3.82. The van der Waals surface area contributed by atoms with Crippen molar-refractivity contribution in [2.24, 2.45) is 0 Å². The second-order valence-electron chi connectivity index (χ2n) is 4.02. The Morgan fingerprint density at radius 2 is 1.93 bits per heavy atom. The molecule has 0 saturated carbocycles. The van der Waals surface area contributed by atoms with E-state index in [0.29, 0.717) is 0 Å². The second kappa shape index (κ2) is 3.09. The van der Waals surface area contributed by atoms with Crippen LogP contribution in [0.2, 0.25) is 0 Å². The molecule has 0 fully saturated rings. The molecule has 1 aliphatic heterocycles. The third-order valence-corrected chi connectivity index (χ3v) is 4.48. The van der Waals surface area contributed by atoms with Crippen molar-refractivity contribution in [2.75, 3.05) is 6.54 Å². The molecular weight excluding hydrogens is 194 g/mol. The Balaban J connectivity index is 2.15. The van der Waals surface area contributed by atoms with Crippen molar-refractivity contribution in [3.8, 4) is 0 Å². The first kappa shape index (κ1) is 8.48. The molecule has 0 bridgehead atoms. The summed E-state index contributed by atoms with van der Waals surface area (Å²) in [5.74, 6) is 0.158. The van der Waals surface area contributed by atoms with E-state index in [1.165, 1.54) is 41.7 Å². The van der Waals surface area contributed by atoms with Crippen molar-refractivity contribution in [3.05, 3.63) is 20.9 Å². The summed E-state index contributed by atoms with van der Waals surface area (Å²) in [6, 6.07) is 0. The molecule has 3 rings (SSSR count). The average molecular weight is 207 g/mol. The van der Waals surface area contributed by atoms with E-state index in [0.717, 1.165) is 17.8 Å². The van der Waals surface area contributed by atoms with Gasteiger partial charge in [-0.25, -0.2) is 0 Å². The van der Waals surface area contributed by atoms with E-state index in [1.807, 2.05) is 0 Å². The molecule has 0 aromatic carbocycles. The standard InChI is InChI=1S/C11H13NOS/c13-11-10-8(5-6-12-11)7-3-1-2-4-9(7)14-10/h1-6H2,(H,12,13). The molecule has 2 heterocycles. The van der Waals surface area contributed by atoms with Crippen molar-refractivity contribution in [1.29, 1.82) is 0 Å². The van der Waals surface area contributed by atoms with Crippen LogP contribution in [0.5, 0.6) is 0 Å². The molecule has 1 N–H and O–H groups in total. The molecule has 74 valence electrons. The highest BCUT2D eigenvalue weighted by atomic mass is 32.1. The third-order valence-electron chi connectivity index (χ3n) is 3.15. The van der Waals surface area contributed by atoms with Gasteiger partial charge in [0.2, 0.25) is 0 Å². The Morgan fingerprint density at radius 1 is 1.07 bits per heavy atom. The number of carbonyl (C=O) groups is 1. The van der Waals surface area contributed by atoms with Crippen LogP contribution in [0.25, 0.3) is 0 Å². The van der Waals surface area contributed by atoms with Crippen molar-refractivity contribution in [2.45, 2.75) is 32.1 Å². The van der Waals surface area contributed by atoms with Crippen LogP contribution in [0.15, 0.2) is 0 Å². The Bertz CT molecular complexity index is 394. The summed E-state index contributed by atoms with van der Waals surface area (Å²) in [5.41, 5.74) is 2.89. The van der Waals surface area contributed by atoms with Gasteiger partial charge in [0.1, 0.15) is 0 Å². The molecule has 0 saturated heterocycles. The first-order chi connectivity index (χ1) is 6.86. The summed E-state index contributed by atoms with van der Waals surface area (Å²) in [7, 11) is 0.